The van der Waals surface area contributed by atoms with Crippen LogP contribution in [0.4, 0.5) is 0 Å². The Morgan fingerprint density at radius 1 is 0.421 bits per heavy atom. The summed E-state index contributed by atoms with van der Waals surface area (Å²) in [5.41, 5.74) is 3.29. The molecule has 0 atom stereocenters. The van der Waals surface area contributed by atoms with Gasteiger partial charge in [0.05, 0.1) is 0 Å². The summed E-state index contributed by atoms with van der Waals surface area (Å²) >= 11 is 0. The van der Waals surface area contributed by atoms with Crippen molar-refractivity contribution in [3.8, 4) is 22.3 Å². The third kappa shape index (κ3) is 3.80. The van der Waals surface area contributed by atoms with Crippen LogP contribution >= 0.6 is 0 Å². The van der Waals surface area contributed by atoms with E-state index in [9.17, 15) is 10.0 Å². The van der Waals surface area contributed by atoms with E-state index in [0.717, 1.165) is 0 Å². The molecule has 0 fully saturated rings. The van der Waals surface area contributed by atoms with Gasteiger partial charge in [-0.15, -0.1) is 27.3 Å². The molecular formula is C26H10B10O2. The molecule has 12 heteroatoms. The number of hydrogen-bond donors (Lipinski definition) is 2. The van der Waals surface area contributed by atoms with Crippen molar-refractivity contribution in [3.63, 3.8) is 0 Å². The highest BCUT2D eigenvalue weighted by molar-refractivity contribution is 6.73. The molecule has 0 saturated heterocycles. The average molecular weight is 462 g/mol. The third-order valence-electron chi connectivity index (χ3n) is 7.09. The lowest BCUT2D eigenvalue weighted by Gasteiger charge is -2.27. The van der Waals surface area contributed by atoms with Gasteiger partial charge >= 0.3 is 7.12 Å². The van der Waals surface area contributed by atoms with Crippen LogP contribution in [0.3, 0.4) is 0 Å². The molecule has 0 aliphatic heterocycles. The van der Waals surface area contributed by atoms with E-state index < -0.39 is 7.12 Å². The summed E-state index contributed by atoms with van der Waals surface area (Å²) in [7, 11) is 54.9. The molecule has 5 aromatic rings. The standard InChI is InChI=1S/C26H10B10O2/c27-17-14(18(28)22(32)25(35)21(17)31)10-6-2-1-5-9(10)13-11-7-3-4-8-12(11)26(36(37)38)16-15(13)19(29)23(33)24(34)20(16)30/h1-8,37-38H. The fraction of sp³-hybridized carbons (Fsp3) is 0. The molecule has 0 aliphatic carbocycles. The Morgan fingerprint density at radius 3 is 1.34 bits per heavy atom. The summed E-state index contributed by atoms with van der Waals surface area (Å²) in [6.07, 6.45) is 0. The Morgan fingerprint density at radius 2 is 0.816 bits per heavy atom. The van der Waals surface area contributed by atoms with Crippen LogP contribution in [0.5, 0.6) is 0 Å². The molecule has 2 nitrogen and oxygen atoms in total. The van der Waals surface area contributed by atoms with Crippen molar-refractivity contribution < 1.29 is 10.0 Å². The summed E-state index contributed by atoms with van der Waals surface area (Å²) in [5, 5.41) is 22.7. The van der Waals surface area contributed by atoms with Crippen molar-refractivity contribution in [1.82, 2.24) is 0 Å². The molecular weight excluding hydrogens is 452 g/mol. The lowest BCUT2D eigenvalue weighted by molar-refractivity contribution is 0.426. The number of benzene rings is 5. The van der Waals surface area contributed by atoms with E-state index in [4.69, 9.17) is 70.6 Å². The molecule has 0 amide bonds. The Balaban J connectivity index is 2.08. The fourth-order valence-electron chi connectivity index (χ4n) is 5.18. The van der Waals surface area contributed by atoms with Gasteiger partial charge in [-0.1, -0.05) is 70.4 Å². The van der Waals surface area contributed by atoms with E-state index in [1.54, 1.807) is 18.2 Å². The molecule has 5 rings (SSSR count). The highest BCUT2D eigenvalue weighted by Gasteiger charge is 2.27. The molecule has 0 saturated carbocycles. The second-order valence-electron chi connectivity index (χ2n) is 9.10. The van der Waals surface area contributed by atoms with E-state index in [1.807, 2.05) is 30.3 Å². The zero-order valence-corrected chi connectivity index (χ0v) is 20.3. The van der Waals surface area contributed by atoms with E-state index in [2.05, 4.69) is 0 Å². The van der Waals surface area contributed by atoms with Crippen molar-refractivity contribution in [1.29, 1.82) is 0 Å². The zero-order valence-electron chi connectivity index (χ0n) is 20.3. The Bertz CT molecular complexity index is 1770. The molecule has 0 bridgehead atoms. The number of rotatable bonds is 3. The second-order valence-corrected chi connectivity index (χ2v) is 9.10. The van der Waals surface area contributed by atoms with Crippen molar-refractivity contribution in [2.24, 2.45) is 0 Å². The van der Waals surface area contributed by atoms with Gasteiger partial charge in [0.1, 0.15) is 70.6 Å². The number of fused-ring (bicyclic) bond motifs is 2. The largest absolute Gasteiger partial charge is 0.489 e. The van der Waals surface area contributed by atoms with Gasteiger partial charge in [-0.3, -0.25) is 0 Å². The molecule has 0 aliphatic rings. The molecule has 18 radical (unpaired) electrons. The van der Waals surface area contributed by atoms with Gasteiger partial charge < -0.3 is 10.0 Å². The summed E-state index contributed by atoms with van der Waals surface area (Å²) in [6, 6.07) is 14.4. The van der Waals surface area contributed by atoms with E-state index >= 15 is 0 Å². The van der Waals surface area contributed by atoms with E-state index in [0.29, 0.717) is 38.4 Å². The van der Waals surface area contributed by atoms with Crippen LogP contribution in [0.2, 0.25) is 0 Å². The quantitative estimate of drug-likeness (QED) is 0.207. The zero-order chi connectivity index (χ0) is 27.6. The van der Waals surface area contributed by atoms with Crippen molar-refractivity contribution in [3.05, 3.63) is 48.5 Å². The molecule has 0 aromatic heterocycles. The monoisotopic (exact) mass is 464 g/mol. The van der Waals surface area contributed by atoms with Crippen LogP contribution in [0.25, 0.3) is 43.8 Å². The molecule has 2 N–H and O–H groups in total. The molecule has 0 unspecified atom stereocenters. The minimum atomic E-state index is -1.89. The van der Waals surface area contributed by atoms with Crippen molar-refractivity contribution in [2.75, 3.05) is 0 Å². The number of hydrogen-bond acceptors (Lipinski definition) is 2. The third-order valence-corrected chi connectivity index (χ3v) is 7.09. The van der Waals surface area contributed by atoms with Crippen LogP contribution in [0, 0.1) is 0 Å². The van der Waals surface area contributed by atoms with Crippen LogP contribution in [-0.4, -0.2) is 87.8 Å². The van der Waals surface area contributed by atoms with Gasteiger partial charge in [0.25, 0.3) is 0 Å². The predicted octanol–water partition coefficient (Wildman–Crippen LogP) is -5.85. The first-order valence-electron chi connectivity index (χ1n) is 11.6. The van der Waals surface area contributed by atoms with Crippen molar-refractivity contribution >= 4 is 154 Å². The average Bonchev–Trinajstić information content (AvgIpc) is 2.91. The van der Waals surface area contributed by atoms with Gasteiger partial charge in [0.2, 0.25) is 0 Å². The molecule has 5 aromatic carbocycles. The van der Waals surface area contributed by atoms with Crippen molar-refractivity contribution in [2.45, 2.75) is 0 Å². The maximum absolute atomic E-state index is 10.5. The smallest absolute Gasteiger partial charge is 0.423 e. The predicted molar refractivity (Wildman–Crippen MR) is 171 cm³/mol. The molecule has 0 spiro atoms. The maximum atomic E-state index is 10.5. The molecule has 0 heterocycles. The van der Waals surface area contributed by atoms with Gasteiger partial charge in [-0.25, -0.2) is 0 Å². The molecule has 156 valence electrons. The highest BCUT2D eigenvalue weighted by Crippen LogP contribution is 2.38. The normalized spacial score (nSPS) is 11.3. The molecule has 38 heavy (non-hydrogen) atoms. The first kappa shape index (κ1) is 26.8. The first-order chi connectivity index (χ1) is 18.0. The van der Waals surface area contributed by atoms with Crippen LogP contribution in [-0.2, 0) is 0 Å². The van der Waals surface area contributed by atoms with Crippen LogP contribution in [0.1, 0.15) is 0 Å². The fourth-order valence-corrected chi connectivity index (χ4v) is 5.18. The van der Waals surface area contributed by atoms with E-state index in [-0.39, 0.29) is 60.0 Å². The van der Waals surface area contributed by atoms with Crippen LogP contribution in [0.15, 0.2) is 48.5 Å². The van der Waals surface area contributed by atoms with Gasteiger partial charge in [-0.05, 0) is 49.3 Å². The summed E-state index contributed by atoms with van der Waals surface area (Å²) in [5.74, 6) is 0. The topological polar surface area (TPSA) is 40.5 Å². The second kappa shape index (κ2) is 9.74. The van der Waals surface area contributed by atoms with E-state index in [1.165, 1.54) is 0 Å². The Labute approximate surface area is 234 Å². The summed E-state index contributed by atoms with van der Waals surface area (Å²) in [6.45, 7) is 0. The first-order valence-corrected chi connectivity index (χ1v) is 11.6. The van der Waals surface area contributed by atoms with Crippen LogP contribution < -0.4 is 54.6 Å². The SMILES string of the molecule is [B]c1c([B])c([B])c(-c2ccccc2-c2c3ccccc3c(B(O)O)c3c([B])c([B])c([B])c([B])c23)c([B])c1[B]. The van der Waals surface area contributed by atoms with Gasteiger partial charge in [0, 0.05) is 0 Å². The minimum absolute atomic E-state index is 0.0407. The Hall–Kier alpha value is -2.81. The highest BCUT2D eigenvalue weighted by atomic mass is 16.4. The minimum Gasteiger partial charge on any atom is -0.423 e. The summed E-state index contributed by atoms with van der Waals surface area (Å²) in [4.78, 5) is 0. The maximum Gasteiger partial charge on any atom is 0.489 e. The van der Waals surface area contributed by atoms with Gasteiger partial charge in [-0.2, -0.15) is 0 Å². The van der Waals surface area contributed by atoms with Gasteiger partial charge in [0.15, 0.2) is 0 Å². The summed E-state index contributed by atoms with van der Waals surface area (Å²) < 4.78 is 0. The lowest BCUT2D eigenvalue weighted by atomic mass is 9.58. The Kier molecular flexibility index (Phi) is 6.86. The lowest BCUT2D eigenvalue weighted by Crippen LogP contribution is -2.55.